The van der Waals surface area contributed by atoms with E-state index in [1.54, 1.807) is 35.4 Å². The average molecular weight is 390 g/mol. The zero-order chi connectivity index (χ0) is 19.4. The Hall–Kier alpha value is -2.98. The summed E-state index contributed by atoms with van der Waals surface area (Å²) in [6.45, 7) is 0.174. The molecular weight excluding hydrogens is 372 g/mol. The van der Waals surface area contributed by atoms with Crippen molar-refractivity contribution in [2.24, 2.45) is 4.40 Å². The lowest BCUT2D eigenvalue weighted by Crippen LogP contribution is -2.37. The van der Waals surface area contributed by atoms with Gasteiger partial charge >= 0.3 is 0 Å². The van der Waals surface area contributed by atoms with Crippen LogP contribution in [0.5, 0.6) is 0 Å². The molecule has 10 heteroatoms. The highest BCUT2D eigenvalue weighted by molar-refractivity contribution is 7.90. The molecule has 2 N–H and O–H groups in total. The van der Waals surface area contributed by atoms with Gasteiger partial charge in [-0.3, -0.25) is 9.59 Å². The molecule has 0 unspecified atom stereocenters. The first kappa shape index (κ1) is 18.8. The highest BCUT2D eigenvalue weighted by Crippen LogP contribution is 2.19. The first-order valence-electron chi connectivity index (χ1n) is 8.06. The van der Waals surface area contributed by atoms with Crippen LogP contribution < -0.4 is 10.6 Å². The number of rotatable bonds is 5. The largest absolute Gasteiger partial charge is 0.375 e. The Morgan fingerprint density at radius 2 is 1.96 bits per heavy atom. The third-order valence-corrected chi connectivity index (χ3v) is 4.93. The van der Waals surface area contributed by atoms with Crippen LogP contribution in [0.1, 0.15) is 0 Å². The normalized spacial score (nSPS) is 17.4. The first-order valence-corrected chi connectivity index (χ1v) is 9.66. The van der Waals surface area contributed by atoms with Crippen molar-refractivity contribution in [1.29, 1.82) is 0 Å². The third-order valence-electron chi connectivity index (χ3n) is 3.77. The van der Waals surface area contributed by atoms with E-state index in [2.05, 4.69) is 15.0 Å². The van der Waals surface area contributed by atoms with Gasteiger partial charge in [-0.15, -0.1) is 4.40 Å². The number of nitrogens with zero attached hydrogens (tertiary/aromatic N) is 2. The second kappa shape index (κ2) is 7.72. The number of amides is 2. The Kier molecular flexibility index (Phi) is 5.38. The van der Waals surface area contributed by atoms with E-state index in [0.29, 0.717) is 22.8 Å². The summed E-state index contributed by atoms with van der Waals surface area (Å²) in [5.41, 5.74) is 1.39. The van der Waals surface area contributed by atoms with Crippen LogP contribution in [0.25, 0.3) is 0 Å². The van der Waals surface area contributed by atoms with Gasteiger partial charge in [-0.1, -0.05) is 6.07 Å². The van der Waals surface area contributed by atoms with E-state index in [-0.39, 0.29) is 30.7 Å². The van der Waals surface area contributed by atoms with Crippen LogP contribution in [0.3, 0.4) is 0 Å². The first-order chi connectivity index (χ1) is 12.9. The fraction of sp³-hybridized carbons (Fsp3) is 0.235. The number of nitrogens with one attached hydrogen (secondary N) is 2. The molecule has 0 radical (unpaired) electrons. The second-order valence-electron chi connectivity index (χ2n) is 5.86. The predicted octanol–water partition coefficient (Wildman–Crippen LogP) is 0.708. The molecular formula is C17H18N4O5S. The van der Waals surface area contributed by atoms with Gasteiger partial charge in [0, 0.05) is 31.2 Å². The lowest BCUT2D eigenvalue weighted by molar-refractivity contribution is -0.119. The summed E-state index contributed by atoms with van der Waals surface area (Å²) in [6.07, 6.45) is 4.57. The third kappa shape index (κ3) is 4.80. The van der Waals surface area contributed by atoms with Gasteiger partial charge in [-0.2, -0.15) is 0 Å². The van der Waals surface area contributed by atoms with Gasteiger partial charge in [0.25, 0.3) is 15.9 Å². The van der Waals surface area contributed by atoms with E-state index in [0.717, 1.165) is 0 Å². The molecule has 1 aromatic carbocycles. The smallest absolute Gasteiger partial charge is 0.257 e. The Morgan fingerprint density at radius 3 is 2.70 bits per heavy atom. The molecule has 2 aliphatic heterocycles. The minimum Gasteiger partial charge on any atom is -0.375 e. The van der Waals surface area contributed by atoms with Crippen molar-refractivity contribution in [3.05, 3.63) is 48.2 Å². The molecule has 0 saturated carbocycles. The van der Waals surface area contributed by atoms with Crippen molar-refractivity contribution in [2.45, 2.75) is 0 Å². The van der Waals surface area contributed by atoms with E-state index in [4.69, 9.17) is 4.74 Å². The minimum absolute atomic E-state index is 0.0658. The van der Waals surface area contributed by atoms with E-state index >= 15 is 0 Å². The Labute approximate surface area is 156 Å². The lowest BCUT2D eigenvalue weighted by atomic mass is 10.1. The van der Waals surface area contributed by atoms with Crippen molar-refractivity contribution in [3.63, 3.8) is 0 Å². The number of ether oxygens (including phenoxy) is 1. The van der Waals surface area contributed by atoms with Crippen molar-refractivity contribution < 1.29 is 22.7 Å². The van der Waals surface area contributed by atoms with Crippen LogP contribution in [0, 0.1) is 0 Å². The van der Waals surface area contributed by atoms with Gasteiger partial charge in [0.15, 0.2) is 0 Å². The molecule has 2 amide bonds. The van der Waals surface area contributed by atoms with Crippen LogP contribution in [-0.2, 0) is 24.3 Å². The number of carbonyl (C=O) groups is 2. The standard InChI is InChI=1S/C17H18N4O5S/c1-26-11-16(22)18-13-3-2-4-14(9-13)19-17(23)12-5-6-15-20-27(24,25)8-7-21(15)10-12/h2-6,9-10H,7-8,11H2,1H3,(H,18,22)(H,19,23). The summed E-state index contributed by atoms with van der Waals surface area (Å²) < 4.78 is 31.5. The number of sulfonamides is 1. The van der Waals surface area contributed by atoms with Gasteiger partial charge in [0.1, 0.15) is 12.4 Å². The molecule has 27 heavy (non-hydrogen) atoms. The number of fused-ring (bicyclic) bond motifs is 1. The number of carbonyl (C=O) groups excluding carboxylic acids is 2. The van der Waals surface area contributed by atoms with Crippen LogP contribution in [-0.4, -0.2) is 57.0 Å². The Balaban J connectivity index is 1.69. The highest BCUT2D eigenvalue weighted by atomic mass is 32.2. The molecule has 0 aliphatic carbocycles. The molecule has 0 bridgehead atoms. The average Bonchev–Trinajstić information content (AvgIpc) is 2.61. The molecule has 142 valence electrons. The van der Waals surface area contributed by atoms with Crippen LogP contribution in [0.15, 0.2) is 52.6 Å². The topological polar surface area (TPSA) is 117 Å². The molecule has 9 nitrogen and oxygen atoms in total. The lowest BCUT2D eigenvalue weighted by Gasteiger charge is -2.26. The predicted molar refractivity (Wildman–Crippen MR) is 101 cm³/mol. The summed E-state index contributed by atoms with van der Waals surface area (Å²) in [4.78, 5) is 25.7. The number of methoxy groups -OCH3 is 1. The quantitative estimate of drug-likeness (QED) is 0.765. The van der Waals surface area contributed by atoms with E-state index in [1.807, 2.05) is 0 Å². The highest BCUT2D eigenvalue weighted by Gasteiger charge is 2.25. The second-order valence-corrected chi connectivity index (χ2v) is 7.62. The molecule has 2 aliphatic rings. The van der Waals surface area contributed by atoms with Gasteiger partial charge in [-0.05, 0) is 30.4 Å². The van der Waals surface area contributed by atoms with Crippen molar-refractivity contribution in [2.75, 3.05) is 36.6 Å². The molecule has 3 rings (SSSR count). The number of hydrogen-bond acceptors (Lipinski definition) is 6. The molecule has 0 atom stereocenters. The van der Waals surface area contributed by atoms with Crippen LogP contribution in [0.4, 0.5) is 11.4 Å². The van der Waals surface area contributed by atoms with E-state index in [9.17, 15) is 18.0 Å². The fourth-order valence-corrected chi connectivity index (χ4v) is 3.51. The summed E-state index contributed by atoms with van der Waals surface area (Å²) >= 11 is 0. The summed E-state index contributed by atoms with van der Waals surface area (Å²) in [5.74, 6) is -0.468. The van der Waals surface area contributed by atoms with Gasteiger partial charge < -0.3 is 20.3 Å². The Morgan fingerprint density at radius 1 is 1.22 bits per heavy atom. The zero-order valence-electron chi connectivity index (χ0n) is 14.5. The SMILES string of the molecule is COCC(=O)Nc1cccc(NC(=O)C2=CN3CCS(=O)(=O)N=C3C=C2)c1. The fourth-order valence-electron chi connectivity index (χ4n) is 2.54. The van der Waals surface area contributed by atoms with Crippen molar-refractivity contribution in [3.8, 4) is 0 Å². The van der Waals surface area contributed by atoms with E-state index in [1.165, 1.54) is 19.3 Å². The molecule has 0 fully saturated rings. The summed E-state index contributed by atoms with van der Waals surface area (Å²) in [7, 11) is -2.01. The van der Waals surface area contributed by atoms with Gasteiger partial charge in [-0.25, -0.2) is 8.42 Å². The van der Waals surface area contributed by atoms with Gasteiger partial charge in [0.05, 0.1) is 11.3 Å². The van der Waals surface area contributed by atoms with E-state index < -0.39 is 10.0 Å². The number of anilines is 2. The Bertz CT molecular complexity index is 965. The number of hydrogen-bond donors (Lipinski definition) is 2. The number of amidine groups is 1. The molecule has 0 aromatic heterocycles. The zero-order valence-corrected chi connectivity index (χ0v) is 15.3. The monoisotopic (exact) mass is 390 g/mol. The molecule has 0 spiro atoms. The van der Waals surface area contributed by atoms with Crippen LogP contribution >= 0.6 is 0 Å². The van der Waals surface area contributed by atoms with Crippen LogP contribution in [0.2, 0.25) is 0 Å². The molecule has 2 heterocycles. The molecule has 0 saturated heterocycles. The number of benzene rings is 1. The van der Waals surface area contributed by atoms with Crippen molar-refractivity contribution in [1.82, 2.24) is 4.90 Å². The summed E-state index contributed by atoms with van der Waals surface area (Å²) in [5, 5.41) is 5.40. The maximum Gasteiger partial charge on any atom is 0.257 e. The maximum absolute atomic E-state index is 12.5. The summed E-state index contributed by atoms with van der Waals surface area (Å²) in [6, 6.07) is 6.71. The molecule has 1 aromatic rings. The maximum atomic E-state index is 12.5. The van der Waals surface area contributed by atoms with Gasteiger partial charge in [0.2, 0.25) is 5.91 Å². The van der Waals surface area contributed by atoms with Crippen molar-refractivity contribution >= 4 is 39.0 Å². The minimum atomic E-state index is -3.44.